The van der Waals surface area contributed by atoms with E-state index in [1.165, 1.54) is 10.6 Å². The summed E-state index contributed by atoms with van der Waals surface area (Å²) in [6, 6.07) is 12.7. The van der Waals surface area contributed by atoms with Crippen molar-refractivity contribution in [3.63, 3.8) is 0 Å². The quantitative estimate of drug-likeness (QED) is 0.743. The van der Waals surface area contributed by atoms with Gasteiger partial charge in [0.1, 0.15) is 5.75 Å². The topological polar surface area (TPSA) is 93.4 Å². The lowest BCUT2D eigenvalue weighted by molar-refractivity contribution is 0.417. The van der Waals surface area contributed by atoms with Crippen molar-refractivity contribution in [2.75, 3.05) is 17.7 Å². The van der Waals surface area contributed by atoms with Gasteiger partial charge in [-0.2, -0.15) is 0 Å². The molecule has 1 aliphatic rings. The number of aliphatic imine (C=N–C) groups is 1. The van der Waals surface area contributed by atoms with Crippen LogP contribution in [0.4, 0.5) is 11.6 Å². The van der Waals surface area contributed by atoms with Crippen LogP contribution in [-0.4, -0.2) is 27.6 Å². The van der Waals surface area contributed by atoms with E-state index in [4.69, 9.17) is 4.74 Å². The number of aromatic nitrogens is 3. The summed E-state index contributed by atoms with van der Waals surface area (Å²) >= 11 is 0. The fraction of sp³-hybridized carbons (Fsp3) is 0.158. The second kappa shape index (κ2) is 6.91. The summed E-state index contributed by atoms with van der Waals surface area (Å²) in [5.41, 5.74) is 1.98. The molecule has 0 saturated carbocycles. The van der Waals surface area contributed by atoms with Crippen molar-refractivity contribution in [3.8, 4) is 5.75 Å². The monoisotopic (exact) mass is 362 g/mol. The Balaban J connectivity index is 1.80. The van der Waals surface area contributed by atoms with Gasteiger partial charge < -0.3 is 10.1 Å². The van der Waals surface area contributed by atoms with Crippen LogP contribution in [0.15, 0.2) is 64.6 Å². The maximum absolute atomic E-state index is 12.6. The highest BCUT2D eigenvalue weighted by atomic mass is 16.5. The molecule has 27 heavy (non-hydrogen) atoms. The number of para-hydroxylation sites is 2. The van der Waals surface area contributed by atoms with Gasteiger partial charge in [0.05, 0.1) is 12.8 Å². The van der Waals surface area contributed by atoms with Gasteiger partial charge in [-0.05, 0) is 25.1 Å². The van der Waals surface area contributed by atoms with E-state index in [2.05, 4.69) is 25.6 Å². The standard InChI is InChI=1S/C19H18N6O2/c1-12-10-16(26)25-17(13-6-5-9-20-11-13)23-18(24-19(25)21-12)22-14-7-3-4-8-15(14)27-2/h3-11,17H,1-2H3,(H2,21,22,23,24)/t17-/m1/s1. The van der Waals surface area contributed by atoms with Gasteiger partial charge in [0, 0.05) is 29.7 Å². The van der Waals surface area contributed by atoms with Crippen LogP contribution >= 0.6 is 0 Å². The van der Waals surface area contributed by atoms with Crippen LogP contribution < -0.4 is 20.9 Å². The molecule has 0 saturated heterocycles. The Morgan fingerprint density at radius 3 is 2.85 bits per heavy atom. The Bertz CT molecular complexity index is 1060. The largest absolute Gasteiger partial charge is 0.495 e. The van der Waals surface area contributed by atoms with Gasteiger partial charge in [-0.1, -0.05) is 18.2 Å². The lowest BCUT2D eigenvalue weighted by atomic mass is 10.2. The number of rotatable bonds is 3. The average Bonchev–Trinajstić information content (AvgIpc) is 2.68. The molecule has 1 aliphatic heterocycles. The van der Waals surface area contributed by atoms with Crippen LogP contribution in [-0.2, 0) is 0 Å². The minimum absolute atomic E-state index is 0.182. The number of anilines is 2. The van der Waals surface area contributed by atoms with E-state index in [1.807, 2.05) is 36.4 Å². The van der Waals surface area contributed by atoms with E-state index in [-0.39, 0.29) is 5.56 Å². The van der Waals surface area contributed by atoms with Crippen LogP contribution in [0.2, 0.25) is 0 Å². The maximum Gasteiger partial charge on any atom is 0.257 e. The SMILES string of the molecule is COc1ccccc1NC1=N[C@@H](c2cccnc2)n2c(nc(C)cc2=O)N1. The Morgan fingerprint density at radius 2 is 2.07 bits per heavy atom. The molecule has 2 aromatic heterocycles. The van der Waals surface area contributed by atoms with Crippen LogP contribution in [0.1, 0.15) is 17.4 Å². The zero-order chi connectivity index (χ0) is 18.8. The first-order chi connectivity index (χ1) is 13.2. The van der Waals surface area contributed by atoms with E-state index in [1.54, 1.807) is 26.4 Å². The number of hydrogen-bond donors (Lipinski definition) is 2. The van der Waals surface area contributed by atoms with Crippen molar-refractivity contribution >= 4 is 17.6 Å². The third-order valence-corrected chi connectivity index (χ3v) is 4.15. The normalized spacial score (nSPS) is 15.3. The predicted molar refractivity (Wildman–Crippen MR) is 103 cm³/mol. The van der Waals surface area contributed by atoms with Gasteiger partial charge in [0.25, 0.3) is 5.56 Å². The van der Waals surface area contributed by atoms with Gasteiger partial charge in [-0.25, -0.2) is 9.98 Å². The van der Waals surface area contributed by atoms with Crippen LogP contribution in [0.25, 0.3) is 0 Å². The van der Waals surface area contributed by atoms with Gasteiger partial charge in [0.15, 0.2) is 6.17 Å². The number of ether oxygens (including phenoxy) is 1. The molecule has 3 heterocycles. The molecule has 0 unspecified atom stereocenters. The zero-order valence-electron chi connectivity index (χ0n) is 14.9. The van der Waals surface area contributed by atoms with Crippen LogP contribution in [0.3, 0.4) is 0 Å². The van der Waals surface area contributed by atoms with Gasteiger partial charge in [-0.3, -0.25) is 19.7 Å². The fourth-order valence-electron chi connectivity index (χ4n) is 2.94. The zero-order valence-corrected chi connectivity index (χ0v) is 14.9. The van der Waals surface area contributed by atoms with Crippen molar-refractivity contribution < 1.29 is 4.74 Å². The Hall–Kier alpha value is -3.68. The summed E-state index contributed by atoms with van der Waals surface area (Å²) in [6.07, 6.45) is 2.79. The van der Waals surface area contributed by atoms with Crippen molar-refractivity contribution in [1.29, 1.82) is 0 Å². The van der Waals surface area contributed by atoms with E-state index in [0.717, 1.165) is 11.3 Å². The van der Waals surface area contributed by atoms with E-state index in [0.29, 0.717) is 23.4 Å². The molecule has 136 valence electrons. The summed E-state index contributed by atoms with van der Waals surface area (Å²) < 4.78 is 6.89. The average molecular weight is 362 g/mol. The molecule has 0 amide bonds. The summed E-state index contributed by atoms with van der Waals surface area (Å²) in [4.78, 5) is 25.9. The highest BCUT2D eigenvalue weighted by Gasteiger charge is 2.25. The molecule has 4 rings (SSSR count). The predicted octanol–water partition coefficient (Wildman–Crippen LogP) is 2.40. The molecule has 8 nitrogen and oxygen atoms in total. The molecule has 0 radical (unpaired) electrons. The van der Waals surface area contributed by atoms with Crippen LogP contribution in [0.5, 0.6) is 5.75 Å². The first kappa shape index (κ1) is 16.8. The number of hydrogen-bond acceptors (Lipinski definition) is 7. The van der Waals surface area contributed by atoms with Gasteiger partial charge >= 0.3 is 0 Å². The number of fused-ring (bicyclic) bond motifs is 1. The number of nitrogens with zero attached hydrogens (tertiary/aromatic N) is 4. The Kier molecular flexibility index (Phi) is 4.29. The number of pyridine rings is 1. The highest BCUT2D eigenvalue weighted by Crippen LogP contribution is 2.27. The molecule has 3 aromatic rings. The molecule has 0 fully saturated rings. The second-order valence-electron chi connectivity index (χ2n) is 6.02. The van der Waals surface area contributed by atoms with Crippen molar-refractivity contribution in [3.05, 3.63) is 76.5 Å². The fourth-order valence-corrected chi connectivity index (χ4v) is 2.94. The Morgan fingerprint density at radius 1 is 1.22 bits per heavy atom. The molecular weight excluding hydrogens is 344 g/mol. The Labute approximate surface area is 155 Å². The first-order valence-electron chi connectivity index (χ1n) is 8.40. The highest BCUT2D eigenvalue weighted by molar-refractivity contribution is 6.04. The number of guanidine groups is 1. The molecular formula is C19H18N6O2. The van der Waals surface area contributed by atoms with Crippen molar-refractivity contribution in [1.82, 2.24) is 14.5 Å². The van der Waals surface area contributed by atoms with Crippen molar-refractivity contribution in [2.24, 2.45) is 4.99 Å². The summed E-state index contributed by atoms with van der Waals surface area (Å²) in [5.74, 6) is 1.56. The molecule has 1 atom stereocenters. The molecule has 0 aliphatic carbocycles. The summed E-state index contributed by atoms with van der Waals surface area (Å²) in [5, 5.41) is 6.31. The molecule has 2 N–H and O–H groups in total. The van der Waals surface area contributed by atoms with Crippen molar-refractivity contribution in [2.45, 2.75) is 13.1 Å². The smallest absolute Gasteiger partial charge is 0.257 e. The maximum atomic E-state index is 12.6. The third-order valence-electron chi connectivity index (χ3n) is 4.15. The summed E-state index contributed by atoms with van der Waals surface area (Å²) in [7, 11) is 1.61. The lowest BCUT2D eigenvalue weighted by Gasteiger charge is -2.27. The second-order valence-corrected chi connectivity index (χ2v) is 6.02. The summed E-state index contributed by atoms with van der Waals surface area (Å²) in [6.45, 7) is 1.78. The molecule has 0 bridgehead atoms. The minimum atomic E-state index is -0.576. The van der Waals surface area contributed by atoms with E-state index >= 15 is 0 Å². The molecule has 0 spiro atoms. The number of nitrogens with one attached hydrogen (secondary N) is 2. The third kappa shape index (κ3) is 3.24. The number of aryl methyl sites for hydroxylation is 1. The van der Waals surface area contributed by atoms with Crippen LogP contribution in [0, 0.1) is 6.92 Å². The first-order valence-corrected chi connectivity index (χ1v) is 8.40. The number of benzene rings is 1. The molecule has 1 aromatic carbocycles. The number of methoxy groups -OCH3 is 1. The minimum Gasteiger partial charge on any atom is -0.495 e. The lowest BCUT2D eigenvalue weighted by Crippen LogP contribution is -2.37. The van der Waals surface area contributed by atoms with Gasteiger partial charge in [0.2, 0.25) is 11.9 Å². The van der Waals surface area contributed by atoms with E-state index < -0.39 is 6.17 Å². The molecule has 8 heteroatoms. The van der Waals surface area contributed by atoms with Gasteiger partial charge in [-0.15, -0.1) is 0 Å². The van der Waals surface area contributed by atoms with E-state index in [9.17, 15) is 4.79 Å².